The first-order valence-electron chi connectivity index (χ1n) is 14.2. The van der Waals surface area contributed by atoms with Crippen molar-refractivity contribution in [1.82, 2.24) is 24.3 Å². The number of hydrogen-bond donors (Lipinski definition) is 1. The highest BCUT2D eigenvalue weighted by Crippen LogP contribution is 2.28. The van der Waals surface area contributed by atoms with Gasteiger partial charge in [-0.15, -0.1) is 0 Å². The van der Waals surface area contributed by atoms with Crippen LogP contribution in [0.1, 0.15) is 27.3 Å². The topological polar surface area (TPSA) is 104 Å². The molecule has 9 nitrogen and oxygen atoms in total. The number of aromatic carboxylic acids is 1. The molecule has 0 saturated heterocycles. The molecule has 0 fully saturated rings. The molecule has 228 valence electrons. The van der Waals surface area contributed by atoms with Gasteiger partial charge in [-0.25, -0.2) is 23.5 Å². The van der Waals surface area contributed by atoms with Crippen LogP contribution in [0.3, 0.4) is 0 Å². The van der Waals surface area contributed by atoms with Crippen LogP contribution in [0.2, 0.25) is 0 Å². The van der Waals surface area contributed by atoms with Crippen LogP contribution < -0.4 is 4.74 Å². The molecule has 0 amide bonds. The summed E-state index contributed by atoms with van der Waals surface area (Å²) in [5.41, 5.74) is 4.26. The molecule has 1 N–H and O–H groups in total. The first kappa shape index (κ1) is 29.6. The number of aromatic nitrogens is 5. The first-order chi connectivity index (χ1) is 21.8. The van der Waals surface area contributed by atoms with Crippen molar-refractivity contribution in [2.75, 3.05) is 13.7 Å². The maximum atomic E-state index is 15.5. The highest BCUT2D eigenvalue weighted by molar-refractivity contribution is 5.92. The molecule has 0 aliphatic carbocycles. The number of carbonyl (C=O) groups is 1. The van der Waals surface area contributed by atoms with Crippen LogP contribution in [0.15, 0.2) is 85.1 Å². The number of pyridine rings is 1. The molecule has 0 unspecified atom stereocenters. The molecule has 3 aromatic carbocycles. The average molecular weight is 610 g/mol. The van der Waals surface area contributed by atoms with Crippen LogP contribution >= 0.6 is 0 Å². The van der Waals surface area contributed by atoms with Crippen molar-refractivity contribution in [3.8, 4) is 28.4 Å². The Hall–Kier alpha value is -5.42. The van der Waals surface area contributed by atoms with Crippen molar-refractivity contribution in [1.29, 1.82) is 0 Å². The van der Waals surface area contributed by atoms with Gasteiger partial charge in [0.25, 0.3) is 0 Å². The van der Waals surface area contributed by atoms with E-state index in [1.54, 1.807) is 40.6 Å². The molecule has 3 aromatic heterocycles. The molecule has 0 aliphatic heterocycles. The summed E-state index contributed by atoms with van der Waals surface area (Å²) in [4.78, 5) is 20.5. The van der Waals surface area contributed by atoms with Gasteiger partial charge in [0.2, 0.25) is 5.88 Å². The number of ether oxygens (including phenoxy) is 2. The lowest BCUT2D eigenvalue weighted by Gasteiger charge is -2.12. The van der Waals surface area contributed by atoms with Crippen LogP contribution in [0.4, 0.5) is 8.78 Å². The summed E-state index contributed by atoms with van der Waals surface area (Å²) in [5.74, 6) is -1.61. The smallest absolute Gasteiger partial charge is 0.335 e. The Labute approximate surface area is 257 Å². The molecule has 11 heteroatoms. The van der Waals surface area contributed by atoms with Crippen molar-refractivity contribution in [3.05, 3.63) is 119 Å². The summed E-state index contributed by atoms with van der Waals surface area (Å²) in [6.45, 7) is 0.911. The lowest BCUT2D eigenvalue weighted by molar-refractivity contribution is 0.0697. The lowest BCUT2D eigenvalue weighted by atomic mass is 10.0. The van der Waals surface area contributed by atoms with E-state index in [0.29, 0.717) is 30.0 Å². The van der Waals surface area contributed by atoms with Gasteiger partial charge >= 0.3 is 5.97 Å². The maximum Gasteiger partial charge on any atom is 0.335 e. The predicted octanol–water partition coefficient (Wildman–Crippen LogP) is 6.29. The van der Waals surface area contributed by atoms with Crippen LogP contribution in [0.25, 0.3) is 33.5 Å². The van der Waals surface area contributed by atoms with Gasteiger partial charge in [-0.3, -0.25) is 4.68 Å². The van der Waals surface area contributed by atoms with Crippen molar-refractivity contribution in [3.63, 3.8) is 0 Å². The van der Waals surface area contributed by atoms with Gasteiger partial charge in [-0.1, -0.05) is 24.3 Å². The number of nitrogens with zero attached hydrogens (tertiary/aromatic N) is 5. The van der Waals surface area contributed by atoms with Gasteiger partial charge in [0, 0.05) is 50.5 Å². The van der Waals surface area contributed by atoms with E-state index >= 15 is 8.78 Å². The van der Waals surface area contributed by atoms with Crippen LogP contribution in [-0.4, -0.2) is 49.1 Å². The number of fused-ring (bicyclic) bond motifs is 1. The number of aryl methyl sites for hydroxylation is 1. The molecule has 6 aromatic rings. The van der Waals surface area contributed by atoms with E-state index < -0.39 is 17.6 Å². The second kappa shape index (κ2) is 12.7. The summed E-state index contributed by atoms with van der Waals surface area (Å²) in [7, 11) is 3.41. The van der Waals surface area contributed by atoms with Gasteiger partial charge in [-0.2, -0.15) is 5.10 Å². The zero-order chi connectivity index (χ0) is 31.5. The Kier molecular flexibility index (Phi) is 8.35. The van der Waals surface area contributed by atoms with Gasteiger partial charge in [0.1, 0.15) is 24.1 Å². The van der Waals surface area contributed by atoms with Crippen LogP contribution in [-0.2, 0) is 31.4 Å². The largest absolute Gasteiger partial charge is 0.478 e. The number of benzene rings is 3. The minimum atomic E-state index is -1.07. The number of hydrogen-bond acceptors (Lipinski definition) is 6. The van der Waals surface area contributed by atoms with Crippen molar-refractivity contribution in [2.45, 2.75) is 19.6 Å². The van der Waals surface area contributed by atoms with E-state index in [9.17, 15) is 9.90 Å². The zero-order valence-corrected chi connectivity index (χ0v) is 24.6. The molecule has 0 saturated carbocycles. The molecular formula is C34H29F2N5O4. The maximum absolute atomic E-state index is 15.5. The quantitative estimate of drug-likeness (QED) is 0.184. The Morgan fingerprint density at radius 1 is 0.933 bits per heavy atom. The Morgan fingerprint density at radius 2 is 1.78 bits per heavy atom. The predicted molar refractivity (Wildman–Crippen MR) is 164 cm³/mol. The van der Waals surface area contributed by atoms with Gasteiger partial charge in [0.15, 0.2) is 0 Å². The fourth-order valence-electron chi connectivity index (χ4n) is 5.15. The van der Waals surface area contributed by atoms with Crippen LogP contribution in [0.5, 0.6) is 5.88 Å². The molecule has 0 atom stereocenters. The van der Waals surface area contributed by atoms with Crippen molar-refractivity contribution < 1.29 is 28.2 Å². The molecule has 0 bridgehead atoms. The number of imidazole rings is 1. The monoisotopic (exact) mass is 609 g/mol. The van der Waals surface area contributed by atoms with E-state index in [4.69, 9.17) is 9.47 Å². The van der Waals surface area contributed by atoms with Gasteiger partial charge < -0.3 is 19.1 Å². The molecule has 6 rings (SSSR count). The fraction of sp³-hybridized carbons (Fsp3) is 0.176. The van der Waals surface area contributed by atoms with Crippen LogP contribution in [0, 0.1) is 11.6 Å². The van der Waals surface area contributed by atoms with E-state index in [2.05, 4.69) is 15.1 Å². The Morgan fingerprint density at radius 3 is 2.56 bits per heavy atom. The second-order valence-corrected chi connectivity index (χ2v) is 10.5. The van der Waals surface area contributed by atoms with Gasteiger partial charge in [-0.05, 0) is 59.7 Å². The highest BCUT2D eigenvalue weighted by Gasteiger charge is 2.18. The standard InChI is InChI=1S/C34H29F2N5O4/c1-40-12-11-28(39-40)22-6-3-5-21(15-22)20-45-33-8-4-7-29(38-33)25-19-26(35)24(16-27(25)36)18-32-37-30-10-9-23(34(42)43)17-31(30)41(32)13-14-44-2/h3-12,15-17,19H,13-14,18,20H2,1-2H3,(H,42,43). The molecule has 0 aliphatic rings. The number of rotatable bonds is 11. The van der Waals surface area contributed by atoms with E-state index in [1.807, 2.05) is 43.6 Å². The first-order valence-corrected chi connectivity index (χ1v) is 14.2. The average Bonchev–Trinajstić information content (AvgIpc) is 3.63. The Balaban J connectivity index is 1.22. The van der Waals surface area contributed by atoms with E-state index in [-0.39, 0.29) is 41.3 Å². The normalized spacial score (nSPS) is 11.3. The van der Waals surface area contributed by atoms with Crippen molar-refractivity contribution >= 4 is 17.0 Å². The second-order valence-electron chi connectivity index (χ2n) is 10.5. The molecule has 3 heterocycles. The lowest BCUT2D eigenvalue weighted by Crippen LogP contribution is -2.10. The number of methoxy groups -OCH3 is 1. The number of halogens is 2. The molecule has 0 spiro atoms. The minimum Gasteiger partial charge on any atom is -0.478 e. The van der Waals surface area contributed by atoms with E-state index in [1.165, 1.54) is 12.1 Å². The molecule has 45 heavy (non-hydrogen) atoms. The summed E-state index contributed by atoms with van der Waals surface area (Å²) >= 11 is 0. The third-order valence-electron chi connectivity index (χ3n) is 7.40. The highest BCUT2D eigenvalue weighted by atomic mass is 19.1. The van der Waals surface area contributed by atoms with Crippen molar-refractivity contribution in [2.24, 2.45) is 7.05 Å². The zero-order valence-electron chi connectivity index (χ0n) is 24.6. The summed E-state index contributed by atoms with van der Waals surface area (Å²) in [6.07, 6.45) is 1.86. The SMILES string of the molecule is COCCn1c(Cc2cc(F)c(-c3cccc(OCc4cccc(-c5ccn(C)n5)c4)n3)cc2F)nc2ccc(C(=O)O)cc21. The third-order valence-corrected chi connectivity index (χ3v) is 7.40. The fourth-order valence-corrected chi connectivity index (χ4v) is 5.15. The van der Waals surface area contributed by atoms with Gasteiger partial charge in [0.05, 0.1) is 34.6 Å². The minimum absolute atomic E-state index is 0.00200. The molecular weight excluding hydrogens is 580 g/mol. The number of carboxylic acids is 1. The summed E-state index contributed by atoms with van der Waals surface area (Å²) in [6, 6.07) is 21.5. The molecule has 0 radical (unpaired) electrons. The summed E-state index contributed by atoms with van der Waals surface area (Å²) in [5, 5.41) is 13.9. The Bertz CT molecular complexity index is 2020. The number of carboxylic acid groups (broad SMARTS) is 1. The summed E-state index contributed by atoms with van der Waals surface area (Å²) < 4.78 is 45.6. The van der Waals surface area contributed by atoms with E-state index in [0.717, 1.165) is 29.0 Å². The third kappa shape index (κ3) is 6.43.